The van der Waals surface area contributed by atoms with E-state index in [-0.39, 0.29) is 6.61 Å². The number of aliphatic hydroxyl groups excluding tert-OH is 1. The lowest BCUT2D eigenvalue weighted by Gasteiger charge is -2.43. The molecule has 1 fully saturated rings. The molecule has 3 aromatic carbocycles. The van der Waals surface area contributed by atoms with Crippen LogP contribution in [0, 0.1) is 0 Å². The molecule has 0 saturated carbocycles. The van der Waals surface area contributed by atoms with Crippen LogP contribution >= 0.6 is 0 Å². The topological polar surface area (TPSA) is 66.4 Å². The molecule has 0 unspecified atom stereocenters. The van der Waals surface area contributed by atoms with E-state index in [1.165, 1.54) is 7.11 Å². The molecule has 5 atom stereocenters. The van der Waals surface area contributed by atoms with Gasteiger partial charge in [0.05, 0.1) is 26.4 Å². The van der Waals surface area contributed by atoms with Gasteiger partial charge in [0.15, 0.2) is 6.29 Å². The van der Waals surface area contributed by atoms with E-state index < -0.39 is 30.7 Å². The third-order valence-corrected chi connectivity index (χ3v) is 5.81. The maximum Gasteiger partial charge on any atom is 0.186 e. The molecule has 0 bridgehead atoms. The van der Waals surface area contributed by atoms with Crippen molar-refractivity contribution >= 4 is 0 Å². The summed E-state index contributed by atoms with van der Waals surface area (Å²) in [6.45, 7) is 1.41. The highest BCUT2D eigenvalue weighted by Crippen LogP contribution is 2.28. The van der Waals surface area contributed by atoms with Crippen LogP contribution in [-0.2, 0) is 43.5 Å². The minimum absolute atomic E-state index is 0.270. The largest absolute Gasteiger partial charge is 0.385 e. The molecule has 34 heavy (non-hydrogen) atoms. The summed E-state index contributed by atoms with van der Waals surface area (Å²) in [7, 11) is 1.51. The zero-order valence-electron chi connectivity index (χ0n) is 19.4. The van der Waals surface area contributed by atoms with Crippen molar-refractivity contribution in [3.63, 3.8) is 0 Å². The van der Waals surface area contributed by atoms with Crippen LogP contribution in [0.2, 0.25) is 0 Å². The van der Waals surface area contributed by atoms with Crippen molar-refractivity contribution in [3.05, 3.63) is 108 Å². The van der Waals surface area contributed by atoms with Gasteiger partial charge in [-0.25, -0.2) is 0 Å². The highest BCUT2D eigenvalue weighted by Gasteiger charge is 2.47. The van der Waals surface area contributed by atoms with Crippen molar-refractivity contribution in [2.75, 3.05) is 13.7 Å². The molecule has 0 aromatic heterocycles. The highest BCUT2D eigenvalue weighted by atomic mass is 16.7. The average Bonchev–Trinajstić information content (AvgIpc) is 2.89. The monoisotopic (exact) mass is 464 g/mol. The molecular weight excluding hydrogens is 432 g/mol. The van der Waals surface area contributed by atoms with Crippen LogP contribution < -0.4 is 0 Å². The van der Waals surface area contributed by atoms with Crippen molar-refractivity contribution in [2.24, 2.45) is 0 Å². The van der Waals surface area contributed by atoms with Crippen LogP contribution in [0.1, 0.15) is 16.7 Å². The minimum atomic E-state index is -1.01. The summed E-state index contributed by atoms with van der Waals surface area (Å²) in [6, 6.07) is 29.7. The Morgan fingerprint density at radius 3 is 1.65 bits per heavy atom. The Balaban J connectivity index is 1.48. The first-order valence-electron chi connectivity index (χ1n) is 11.5. The van der Waals surface area contributed by atoms with Gasteiger partial charge in [0.25, 0.3) is 0 Å². The van der Waals surface area contributed by atoms with Gasteiger partial charge < -0.3 is 28.8 Å². The summed E-state index contributed by atoms with van der Waals surface area (Å²) in [5, 5.41) is 11.0. The second-order valence-electron chi connectivity index (χ2n) is 8.29. The zero-order chi connectivity index (χ0) is 23.6. The summed E-state index contributed by atoms with van der Waals surface area (Å²) in [5.41, 5.74) is 3.10. The summed E-state index contributed by atoms with van der Waals surface area (Å²) >= 11 is 0. The maximum absolute atomic E-state index is 11.0. The molecule has 3 aromatic rings. The third-order valence-electron chi connectivity index (χ3n) is 5.81. The zero-order valence-corrected chi connectivity index (χ0v) is 19.4. The van der Waals surface area contributed by atoms with Crippen LogP contribution in [0.25, 0.3) is 0 Å². The van der Waals surface area contributed by atoms with Gasteiger partial charge in [-0.1, -0.05) is 91.0 Å². The van der Waals surface area contributed by atoms with Crippen LogP contribution in [0.15, 0.2) is 91.0 Å². The number of benzene rings is 3. The first-order chi connectivity index (χ1) is 16.7. The van der Waals surface area contributed by atoms with Gasteiger partial charge in [-0.05, 0) is 16.7 Å². The van der Waals surface area contributed by atoms with Crippen molar-refractivity contribution in [1.29, 1.82) is 0 Å². The predicted octanol–water partition coefficient (Wildman–Crippen LogP) is 4.11. The Morgan fingerprint density at radius 1 is 0.676 bits per heavy atom. The van der Waals surface area contributed by atoms with E-state index >= 15 is 0 Å². The van der Waals surface area contributed by atoms with Crippen LogP contribution in [0.3, 0.4) is 0 Å². The van der Waals surface area contributed by atoms with E-state index in [1.54, 1.807) is 0 Å². The number of aliphatic hydroxyl groups is 1. The Bertz CT molecular complexity index is 952. The number of methoxy groups -OCH3 is 1. The third kappa shape index (κ3) is 6.73. The summed E-state index contributed by atoms with van der Waals surface area (Å²) in [4.78, 5) is 0. The maximum atomic E-state index is 11.0. The molecule has 1 aliphatic rings. The molecular formula is C28H32O6. The first kappa shape index (κ1) is 24.5. The molecule has 180 valence electrons. The quantitative estimate of drug-likeness (QED) is 0.461. The SMILES string of the molecule is CO[C@H]1O[C@H](COCc2ccccc2)[C@@H](OCc2ccccc2)[C@H](OCc2ccccc2)[C@@H]1O. The molecule has 1 aliphatic heterocycles. The summed E-state index contributed by atoms with van der Waals surface area (Å²) in [6.07, 6.45) is -3.56. The van der Waals surface area contributed by atoms with Crippen molar-refractivity contribution < 1.29 is 28.8 Å². The standard InChI is InChI=1S/C28H32O6/c1-30-28-25(29)27(33-19-23-15-9-4-10-16-23)26(32-18-22-13-7-3-8-14-22)24(34-28)20-31-17-21-11-5-2-6-12-21/h2-16,24-29H,17-20H2,1H3/t24-,25+,26-,27-,28+/m1/s1. The van der Waals surface area contributed by atoms with Gasteiger partial charge in [-0.2, -0.15) is 0 Å². The molecule has 1 saturated heterocycles. The van der Waals surface area contributed by atoms with Crippen molar-refractivity contribution in [1.82, 2.24) is 0 Å². The van der Waals surface area contributed by atoms with Crippen LogP contribution in [0.5, 0.6) is 0 Å². The summed E-state index contributed by atoms with van der Waals surface area (Å²) < 4.78 is 30.0. The van der Waals surface area contributed by atoms with Gasteiger partial charge in [0, 0.05) is 7.11 Å². The van der Waals surface area contributed by atoms with E-state index in [0.29, 0.717) is 19.8 Å². The molecule has 4 rings (SSSR count). The second kappa shape index (κ2) is 12.8. The van der Waals surface area contributed by atoms with Gasteiger partial charge in [0.1, 0.15) is 24.4 Å². The lowest BCUT2D eigenvalue weighted by atomic mass is 9.98. The fourth-order valence-electron chi connectivity index (χ4n) is 4.02. The summed E-state index contributed by atoms with van der Waals surface area (Å²) in [5.74, 6) is 0. The van der Waals surface area contributed by atoms with E-state index in [9.17, 15) is 5.11 Å². The van der Waals surface area contributed by atoms with Gasteiger partial charge in [-0.3, -0.25) is 0 Å². The van der Waals surface area contributed by atoms with Gasteiger partial charge in [0.2, 0.25) is 0 Å². The highest BCUT2D eigenvalue weighted by molar-refractivity contribution is 5.15. The van der Waals surface area contributed by atoms with Crippen molar-refractivity contribution in [3.8, 4) is 0 Å². The molecule has 0 aliphatic carbocycles. The normalized spacial score (nSPS) is 24.7. The van der Waals surface area contributed by atoms with Crippen LogP contribution in [-0.4, -0.2) is 49.5 Å². The van der Waals surface area contributed by atoms with Crippen LogP contribution in [0.4, 0.5) is 0 Å². The molecule has 0 radical (unpaired) electrons. The van der Waals surface area contributed by atoms with Gasteiger partial charge in [-0.15, -0.1) is 0 Å². The van der Waals surface area contributed by atoms with E-state index in [2.05, 4.69) is 0 Å². The smallest absolute Gasteiger partial charge is 0.186 e. The Labute approximate surface area is 201 Å². The second-order valence-corrected chi connectivity index (χ2v) is 8.29. The Kier molecular flexibility index (Phi) is 9.21. The van der Waals surface area contributed by atoms with Crippen molar-refractivity contribution in [2.45, 2.75) is 50.5 Å². The van der Waals surface area contributed by atoms with E-state index in [1.807, 2.05) is 91.0 Å². The number of hydrogen-bond donors (Lipinski definition) is 1. The number of hydrogen-bond acceptors (Lipinski definition) is 6. The molecule has 1 heterocycles. The lowest BCUT2D eigenvalue weighted by molar-refractivity contribution is -0.313. The Hall–Kier alpha value is -2.58. The number of ether oxygens (including phenoxy) is 5. The average molecular weight is 465 g/mol. The molecule has 0 spiro atoms. The molecule has 6 nitrogen and oxygen atoms in total. The predicted molar refractivity (Wildman–Crippen MR) is 128 cm³/mol. The molecule has 1 N–H and O–H groups in total. The lowest BCUT2D eigenvalue weighted by Crippen LogP contribution is -2.60. The minimum Gasteiger partial charge on any atom is -0.385 e. The van der Waals surface area contributed by atoms with E-state index in [0.717, 1.165) is 16.7 Å². The first-order valence-corrected chi connectivity index (χ1v) is 11.5. The van der Waals surface area contributed by atoms with Gasteiger partial charge >= 0.3 is 0 Å². The fourth-order valence-corrected chi connectivity index (χ4v) is 4.02. The molecule has 0 amide bonds. The fraction of sp³-hybridized carbons (Fsp3) is 0.357. The number of rotatable bonds is 11. The van der Waals surface area contributed by atoms with E-state index in [4.69, 9.17) is 23.7 Å². The Morgan fingerprint density at radius 2 is 1.15 bits per heavy atom. The molecule has 6 heteroatoms.